The molecule has 0 aliphatic heterocycles. The van der Waals surface area contributed by atoms with Gasteiger partial charge in [-0.25, -0.2) is 0 Å². The third-order valence-electron chi connectivity index (χ3n) is 11.7. The molecule has 0 saturated carbocycles. The minimum Gasteiger partial charge on any atom is -0.456 e. The molecule has 12 rings (SSSR count). The van der Waals surface area contributed by atoms with Crippen LogP contribution in [-0.2, 0) is 0 Å². The molecule has 252 valence electrons. The number of thiophene rings is 1. The Morgan fingerprint density at radius 1 is 0.389 bits per heavy atom. The van der Waals surface area contributed by atoms with E-state index in [0.717, 1.165) is 34.8 Å². The Bertz CT molecular complexity index is 3500. The maximum atomic E-state index is 6.50. The number of hydrogen-bond donors (Lipinski definition) is 0. The average molecular weight is 705 g/mol. The monoisotopic (exact) mass is 704 g/mol. The topological polar surface area (TPSA) is 13.1 Å². The molecule has 0 saturated heterocycles. The number of benzene rings is 9. The van der Waals surface area contributed by atoms with E-state index < -0.39 is 0 Å². The highest BCUT2D eigenvalue weighted by atomic mass is 32.1. The highest BCUT2D eigenvalue weighted by molar-refractivity contribution is 7.26. The molecule has 0 fully saturated rings. The van der Waals surface area contributed by atoms with E-state index in [2.05, 4.69) is 170 Å². The quantitative estimate of drug-likeness (QED) is 0.178. The Balaban J connectivity index is 1.05. The van der Waals surface area contributed by atoms with E-state index in [0.29, 0.717) is 0 Å². The fraction of sp³-hybridized carbons (Fsp3) is 0.0385. The molecule has 0 N–H and O–H groups in total. The van der Waals surface area contributed by atoms with Crippen molar-refractivity contribution in [2.45, 2.75) is 12.8 Å². The van der Waals surface area contributed by atoms with Crippen LogP contribution in [0.25, 0.3) is 120 Å². The lowest BCUT2D eigenvalue weighted by Crippen LogP contribution is -2.31. The van der Waals surface area contributed by atoms with E-state index >= 15 is 0 Å². The molecule has 11 aromatic rings. The van der Waals surface area contributed by atoms with Crippen LogP contribution >= 0.6 is 11.3 Å². The summed E-state index contributed by atoms with van der Waals surface area (Å²) in [6.07, 6.45) is 7.03. The highest BCUT2D eigenvalue weighted by Crippen LogP contribution is 2.42. The van der Waals surface area contributed by atoms with Crippen LogP contribution in [0.15, 0.2) is 162 Å². The highest BCUT2D eigenvalue weighted by Gasteiger charge is 2.19. The Kier molecular flexibility index (Phi) is 6.40. The third kappa shape index (κ3) is 4.38. The van der Waals surface area contributed by atoms with Gasteiger partial charge in [0.25, 0.3) is 0 Å². The van der Waals surface area contributed by atoms with Gasteiger partial charge in [-0.15, -0.1) is 11.3 Å². The molecule has 1 aliphatic rings. The molecule has 2 heterocycles. The van der Waals surface area contributed by atoms with Gasteiger partial charge in [0.2, 0.25) is 0 Å². The summed E-state index contributed by atoms with van der Waals surface area (Å²) in [4.78, 5) is 0. The minimum absolute atomic E-state index is 0.919. The molecule has 0 spiro atoms. The van der Waals surface area contributed by atoms with Crippen molar-refractivity contribution in [2.75, 3.05) is 0 Å². The molecule has 0 unspecified atom stereocenters. The molecule has 0 amide bonds. The number of fused-ring (bicyclic) bond motifs is 11. The first-order valence-electron chi connectivity index (χ1n) is 18.8. The van der Waals surface area contributed by atoms with Gasteiger partial charge in [0.15, 0.2) is 0 Å². The molecule has 0 atom stereocenters. The van der Waals surface area contributed by atoms with Gasteiger partial charge in [0, 0.05) is 36.3 Å². The summed E-state index contributed by atoms with van der Waals surface area (Å²) in [6.45, 7) is 0. The summed E-state index contributed by atoms with van der Waals surface area (Å²) in [5.74, 6) is 0. The zero-order valence-electron chi connectivity index (χ0n) is 29.4. The van der Waals surface area contributed by atoms with Crippen molar-refractivity contribution >= 4 is 97.9 Å². The molecule has 0 radical (unpaired) electrons. The number of hydrogen-bond acceptors (Lipinski definition) is 2. The van der Waals surface area contributed by atoms with Gasteiger partial charge in [-0.05, 0) is 120 Å². The average Bonchev–Trinajstić information content (AvgIpc) is 3.79. The van der Waals surface area contributed by atoms with Crippen LogP contribution in [0.3, 0.4) is 0 Å². The van der Waals surface area contributed by atoms with E-state index in [1.165, 1.54) is 96.3 Å². The first-order valence-corrected chi connectivity index (χ1v) is 19.6. The second-order valence-corrected chi connectivity index (χ2v) is 15.7. The predicted molar refractivity (Wildman–Crippen MR) is 233 cm³/mol. The third-order valence-corrected chi connectivity index (χ3v) is 12.9. The fourth-order valence-electron chi connectivity index (χ4n) is 9.21. The molecule has 1 aliphatic carbocycles. The molecule has 0 bridgehead atoms. The Labute approximate surface area is 315 Å². The van der Waals surface area contributed by atoms with Gasteiger partial charge in [-0.1, -0.05) is 133 Å². The Hall–Kier alpha value is -6.48. The maximum absolute atomic E-state index is 6.50. The largest absolute Gasteiger partial charge is 0.456 e. The molecule has 1 nitrogen and oxygen atoms in total. The van der Waals surface area contributed by atoms with Crippen LogP contribution in [-0.4, -0.2) is 0 Å². The van der Waals surface area contributed by atoms with E-state index in [1.807, 2.05) is 11.3 Å². The van der Waals surface area contributed by atoms with Gasteiger partial charge in [0.05, 0.1) is 0 Å². The second kappa shape index (κ2) is 11.5. The molecular weight excluding hydrogens is 673 g/mol. The summed E-state index contributed by atoms with van der Waals surface area (Å²) < 4.78 is 9.16. The van der Waals surface area contributed by atoms with Gasteiger partial charge >= 0.3 is 0 Å². The van der Waals surface area contributed by atoms with Crippen LogP contribution in [0.4, 0.5) is 0 Å². The van der Waals surface area contributed by atoms with Crippen molar-refractivity contribution in [1.29, 1.82) is 0 Å². The molecule has 2 heteroatoms. The van der Waals surface area contributed by atoms with Crippen LogP contribution < -0.4 is 10.4 Å². The van der Waals surface area contributed by atoms with Crippen LogP contribution in [0.2, 0.25) is 0 Å². The smallest absolute Gasteiger partial charge is 0.136 e. The normalized spacial score (nSPS) is 13.0. The van der Waals surface area contributed by atoms with E-state index in [-0.39, 0.29) is 0 Å². The molecule has 9 aromatic carbocycles. The zero-order valence-corrected chi connectivity index (χ0v) is 30.2. The summed E-state index contributed by atoms with van der Waals surface area (Å²) in [5, 5.41) is 15.3. The fourth-order valence-corrected chi connectivity index (χ4v) is 10.4. The number of furan rings is 1. The summed E-state index contributed by atoms with van der Waals surface area (Å²) >= 11 is 1.88. The number of rotatable bonds is 3. The van der Waals surface area contributed by atoms with Crippen LogP contribution in [0.1, 0.15) is 12.8 Å². The summed E-state index contributed by atoms with van der Waals surface area (Å²) in [5.41, 5.74) is 9.43. The maximum Gasteiger partial charge on any atom is 0.136 e. The lowest BCUT2D eigenvalue weighted by molar-refractivity contribution is 0.669. The lowest BCUT2D eigenvalue weighted by atomic mass is 9.84. The van der Waals surface area contributed by atoms with Crippen molar-refractivity contribution in [2.24, 2.45) is 0 Å². The van der Waals surface area contributed by atoms with E-state index in [9.17, 15) is 0 Å². The standard InChI is InChI=1S/C52H32OS/c1-2-15-36-31(11-1)12-10-21-38(36)51-41-19-5-3-17-39(41)50(40-18-4-6-20-42(40)51)35-14-9-13-32(27-35)33-24-26-47-45(28-33)46-30-44-34(29-48(46)53-47)23-25-43-37-16-7-8-22-49(37)54-52(43)44/h1-3,5,7-30H,4,6H2. The molecule has 54 heavy (non-hydrogen) atoms. The summed E-state index contributed by atoms with van der Waals surface area (Å²) in [6, 6.07) is 58.2. The Morgan fingerprint density at radius 2 is 1.07 bits per heavy atom. The van der Waals surface area contributed by atoms with Crippen LogP contribution in [0, 0.1) is 0 Å². The minimum atomic E-state index is 0.919. The van der Waals surface area contributed by atoms with Crippen molar-refractivity contribution in [3.8, 4) is 33.4 Å². The lowest BCUT2D eigenvalue weighted by Gasteiger charge is -2.19. The predicted octanol–water partition coefficient (Wildman–Crippen LogP) is 13.8. The van der Waals surface area contributed by atoms with Gasteiger partial charge < -0.3 is 4.42 Å². The van der Waals surface area contributed by atoms with Crippen molar-refractivity contribution in [1.82, 2.24) is 0 Å². The van der Waals surface area contributed by atoms with Crippen molar-refractivity contribution in [3.63, 3.8) is 0 Å². The Morgan fingerprint density at radius 3 is 1.96 bits per heavy atom. The SMILES string of the molecule is C1=c2c(-c3cccc(-c4ccc5oc6cc7ccc8c9ccccc9sc8c7cc6c5c4)c3)c3ccccc3c(-c3cccc4ccccc34)c2=CCC1. The summed E-state index contributed by atoms with van der Waals surface area (Å²) in [7, 11) is 0. The first kappa shape index (κ1) is 30.0. The molecule has 2 aromatic heterocycles. The van der Waals surface area contributed by atoms with Crippen LogP contribution in [0.5, 0.6) is 0 Å². The van der Waals surface area contributed by atoms with E-state index in [4.69, 9.17) is 4.42 Å². The van der Waals surface area contributed by atoms with Gasteiger partial charge in [-0.3, -0.25) is 0 Å². The second-order valence-electron chi connectivity index (χ2n) is 14.6. The zero-order chi connectivity index (χ0) is 35.3. The van der Waals surface area contributed by atoms with Gasteiger partial charge in [0.1, 0.15) is 11.2 Å². The van der Waals surface area contributed by atoms with Crippen molar-refractivity contribution < 1.29 is 4.42 Å². The van der Waals surface area contributed by atoms with E-state index in [1.54, 1.807) is 0 Å². The van der Waals surface area contributed by atoms with Gasteiger partial charge in [-0.2, -0.15) is 0 Å². The molecular formula is C52H32OS. The van der Waals surface area contributed by atoms with Crippen molar-refractivity contribution in [3.05, 3.63) is 168 Å². The first-order chi connectivity index (χ1) is 26.8.